The third-order valence-corrected chi connectivity index (χ3v) is 4.24. The average molecular weight is 326 g/mol. The Hall–Kier alpha value is -2.36. The second-order valence-electron chi connectivity index (χ2n) is 6.47. The Morgan fingerprint density at radius 3 is 2.75 bits per heavy atom. The Morgan fingerprint density at radius 2 is 1.96 bits per heavy atom. The first kappa shape index (κ1) is 16.5. The van der Waals surface area contributed by atoms with Crippen molar-refractivity contribution in [3.63, 3.8) is 0 Å². The summed E-state index contributed by atoms with van der Waals surface area (Å²) >= 11 is 0. The monoisotopic (exact) mass is 326 g/mol. The minimum atomic E-state index is 0.199. The lowest BCUT2D eigenvalue weighted by Crippen LogP contribution is -2.39. The molecule has 0 bridgehead atoms. The summed E-state index contributed by atoms with van der Waals surface area (Å²) in [5, 5.41) is 0. The third-order valence-electron chi connectivity index (χ3n) is 4.24. The van der Waals surface area contributed by atoms with E-state index < -0.39 is 0 Å². The van der Waals surface area contributed by atoms with Gasteiger partial charge in [0, 0.05) is 12.2 Å². The quantitative estimate of drug-likeness (QED) is 0.643. The SMILES string of the molecule is Cc1ccc(OCCCCN2CC(C)Oc3ccc(N)cc32)cc1. The average Bonchev–Trinajstić information content (AvgIpc) is 2.56. The van der Waals surface area contributed by atoms with Crippen molar-refractivity contribution in [2.24, 2.45) is 0 Å². The molecule has 1 heterocycles. The van der Waals surface area contributed by atoms with Crippen LogP contribution in [0.1, 0.15) is 25.3 Å². The molecule has 1 unspecified atom stereocenters. The van der Waals surface area contributed by atoms with Crippen LogP contribution in [0.25, 0.3) is 0 Å². The van der Waals surface area contributed by atoms with Gasteiger partial charge < -0.3 is 20.1 Å². The van der Waals surface area contributed by atoms with Crippen LogP contribution < -0.4 is 20.1 Å². The van der Waals surface area contributed by atoms with Crippen molar-refractivity contribution >= 4 is 11.4 Å². The van der Waals surface area contributed by atoms with Crippen LogP contribution in [0.4, 0.5) is 11.4 Å². The molecule has 1 aliphatic rings. The number of unbranched alkanes of at least 4 members (excludes halogenated alkanes) is 1. The van der Waals surface area contributed by atoms with E-state index in [1.165, 1.54) is 5.56 Å². The highest BCUT2D eigenvalue weighted by Crippen LogP contribution is 2.35. The Labute approximate surface area is 144 Å². The molecule has 128 valence electrons. The zero-order valence-corrected chi connectivity index (χ0v) is 14.5. The largest absolute Gasteiger partial charge is 0.494 e. The molecule has 0 aromatic heterocycles. The van der Waals surface area contributed by atoms with Gasteiger partial charge in [0.1, 0.15) is 17.6 Å². The Kier molecular flexibility index (Phi) is 5.14. The Morgan fingerprint density at radius 1 is 1.17 bits per heavy atom. The van der Waals surface area contributed by atoms with E-state index in [9.17, 15) is 0 Å². The van der Waals surface area contributed by atoms with E-state index >= 15 is 0 Å². The van der Waals surface area contributed by atoms with Gasteiger partial charge in [-0.1, -0.05) is 17.7 Å². The van der Waals surface area contributed by atoms with E-state index in [0.29, 0.717) is 0 Å². The highest BCUT2D eigenvalue weighted by molar-refractivity contribution is 5.66. The fourth-order valence-corrected chi connectivity index (χ4v) is 2.98. The Bertz CT molecular complexity index is 670. The van der Waals surface area contributed by atoms with Gasteiger partial charge in [0.05, 0.1) is 18.8 Å². The first-order valence-corrected chi connectivity index (χ1v) is 8.62. The van der Waals surface area contributed by atoms with Gasteiger partial charge in [-0.05, 0) is 57.0 Å². The van der Waals surface area contributed by atoms with Crippen LogP contribution in [0.2, 0.25) is 0 Å². The summed E-state index contributed by atoms with van der Waals surface area (Å²) in [6.45, 7) is 6.81. The lowest BCUT2D eigenvalue weighted by Gasteiger charge is -2.35. The molecule has 0 saturated carbocycles. The number of ether oxygens (including phenoxy) is 2. The molecule has 1 aliphatic heterocycles. The van der Waals surface area contributed by atoms with Crippen LogP contribution in [0.15, 0.2) is 42.5 Å². The predicted molar refractivity (Wildman–Crippen MR) is 99.1 cm³/mol. The summed E-state index contributed by atoms with van der Waals surface area (Å²) in [4.78, 5) is 2.37. The zero-order valence-electron chi connectivity index (χ0n) is 14.5. The molecule has 2 N–H and O–H groups in total. The predicted octanol–water partition coefficient (Wildman–Crippen LogP) is 4.02. The molecule has 0 aliphatic carbocycles. The summed E-state index contributed by atoms with van der Waals surface area (Å²) in [7, 11) is 0. The van der Waals surface area contributed by atoms with Crippen molar-refractivity contribution in [2.45, 2.75) is 32.8 Å². The van der Waals surface area contributed by atoms with Crippen molar-refractivity contribution in [1.29, 1.82) is 0 Å². The number of fused-ring (bicyclic) bond motifs is 1. The topological polar surface area (TPSA) is 47.7 Å². The molecule has 2 aromatic rings. The molecular weight excluding hydrogens is 300 g/mol. The van der Waals surface area contributed by atoms with Gasteiger partial charge in [-0.2, -0.15) is 0 Å². The van der Waals surface area contributed by atoms with Crippen molar-refractivity contribution in [1.82, 2.24) is 0 Å². The van der Waals surface area contributed by atoms with E-state index in [-0.39, 0.29) is 6.10 Å². The smallest absolute Gasteiger partial charge is 0.143 e. The van der Waals surface area contributed by atoms with Gasteiger partial charge in [0.25, 0.3) is 0 Å². The highest BCUT2D eigenvalue weighted by Gasteiger charge is 2.22. The molecule has 0 spiro atoms. The molecule has 24 heavy (non-hydrogen) atoms. The minimum absolute atomic E-state index is 0.199. The molecule has 0 amide bonds. The number of rotatable bonds is 6. The van der Waals surface area contributed by atoms with Crippen LogP contribution >= 0.6 is 0 Å². The maximum Gasteiger partial charge on any atom is 0.143 e. The van der Waals surface area contributed by atoms with E-state index in [2.05, 4.69) is 30.9 Å². The summed E-state index contributed by atoms with van der Waals surface area (Å²) < 4.78 is 11.7. The Balaban J connectivity index is 1.48. The number of nitrogens with zero attached hydrogens (tertiary/aromatic N) is 1. The third kappa shape index (κ3) is 4.13. The second-order valence-corrected chi connectivity index (χ2v) is 6.47. The van der Waals surface area contributed by atoms with Crippen LogP contribution in [0, 0.1) is 6.92 Å². The summed E-state index contributed by atoms with van der Waals surface area (Å²) in [6, 6.07) is 14.1. The summed E-state index contributed by atoms with van der Waals surface area (Å²) in [5.74, 6) is 1.87. The molecule has 4 nitrogen and oxygen atoms in total. The summed E-state index contributed by atoms with van der Waals surface area (Å²) in [5.41, 5.74) is 9.06. The minimum Gasteiger partial charge on any atom is -0.494 e. The van der Waals surface area contributed by atoms with Crippen LogP contribution in [-0.2, 0) is 0 Å². The van der Waals surface area contributed by atoms with Gasteiger partial charge in [-0.15, -0.1) is 0 Å². The van der Waals surface area contributed by atoms with Crippen molar-refractivity contribution in [2.75, 3.05) is 30.3 Å². The number of aryl methyl sites for hydroxylation is 1. The first-order valence-electron chi connectivity index (χ1n) is 8.62. The standard InChI is InChI=1S/C20H26N2O2/c1-15-5-8-18(9-6-15)23-12-4-3-11-22-14-16(2)24-20-10-7-17(21)13-19(20)22/h5-10,13,16H,3-4,11-12,14,21H2,1-2H3. The van der Waals surface area contributed by atoms with E-state index in [1.54, 1.807) is 0 Å². The second kappa shape index (κ2) is 7.47. The summed E-state index contributed by atoms with van der Waals surface area (Å²) in [6.07, 6.45) is 2.30. The molecular formula is C20H26N2O2. The maximum absolute atomic E-state index is 5.93. The zero-order chi connectivity index (χ0) is 16.9. The first-order chi connectivity index (χ1) is 11.6. The molecule has 0 radical (unpaired) electrons. The van der Waals surface area contributed by atoms with Crippen LogP contribution in [0.3, 0.4) is 0 Å². The fraction of sp³-hybridized carbons (Fsp3) is 0.400. The number of hydrogen-bond donors (Lipinski definition) is 1. The van der Waals surface area contributed by atoms with Crippen molar-refractivity contribution < 1.29 is 9.47 Å². The molecule has 2 aromatic carbocycles. The number of nitrogen functional groups attached to an aromatic ring is 1. The van der Waals surface area contributed by atoms with Crippen LogP contribution in [0.5, 0.6) is 11.5 Å². The number of benzene rings is 2. The molecule has 0 saturated heterocycles. The number of hydrogen-bond acceptors (Lipinski definition) is 4. The van der Waals surface area contributed by atoms with E-state index in [4.69, 9.17) is 15.2 Å². The molecule has 4 heteroatoms. The van der Waals surface area contributed by atoms with Crippen LogP contribution in [-0.4, -0.2) is 25.8 Å². The maximum atomic E-state index is 5.93. The fourth-order valence-electron chi connectivity index (χ4n) is 2.98. The lowest BCUT2D eigenvalue weighted by molar-refractivity contribution is 0.212. The van der Waals surface area contributed by atoms with Crippen molar-refractivity contribution in [3.05, 3.63) is 48.0 Å². The number of nitrogens with two attached hydrogens (primary N) is 1. The van der Waals surface area contributed by atoms with E-state index in [0.717, 1.165) is 55.4 Å². The highest BCUT2D eigenvalue weighted by atomic mass is 16.5. The van der Waals surface area contributed by atoms with Gasteiger partial charge in [0.2, 0.25) is 0 Å². The molecule has 1 atom stereocenters. The molecule has 0 fully saturated rings. The van der Waals surface area contributed by atoms with Gasteiger partial charge in [-0.25, -0.2) is 0 Å². The lowest BCUT2D eigenvalue weighted by atomic mass is 10.1. The van der Waals surface area contributed by atoms with Gasteiger partial charge in [-0.3, -0.25) is 0 Å². The normalized spacial score (nSPS) is 16.4. The molecule has 3 rings (SSSR count). The number of anilines is 2. The van der Waals surface area contributed by atoms with E-state index in [1.807, 2.05) is 30.3 Å². The van der Waals surface area contributed by atoms with Gasteiger partial charge in [0.15, 0.2) is 0 Å². The van der Waals surface area contributed by atoms with Gasteiger partial charge >= 0.3 is 0 Å². The van der Waals surface area contributed by atoms with Crippen molar-refractivity contribution in [3.8, 4) is 11.5 Å².